The molecule has 2 aromatic rings. The second-order valence-electron chi connectivity index (χ2n) is 4.75. The highest BCUT2D eigenvalue weighted by Gasteiger charge is 2.20. The topological polar surface area (TPSA) is 73.1 Å². The van der Waals surface area contributed by atoms with E-state index in [9.17, 15) is 0 Å². The smallest absolute Gasteiger partial charge is 0.125 e. The van der Waals surface area contributed by atoms with Crippen LogP contribution in [-0.2, 0) is 12.8 Å². The average molecular weight is 335 g/mol. The van der Waals surface area contributed by atoms with Crippen molar-refractivity contribution in [3.63, 3.8) is 0 Å². The van der Waals surface area contributed by atoms with Gasteiger partial charge in [0.1, 0.15) is 12.1 Å². The van der Waals surface area contributed by atoms with Crippen LogP contribution in [0.4, 0.5) is 0 Å². The summed E-state index contributed by atoms with van der Waals surface area (Å²) in [5, 5.41) is 0. The van der Waals surface area contributed by atoms with Crippen LogP contribution in [0.15, 0.2) is 35.3 Å². The van der Waals surface area contributed by atoms with Gasteiger partial charge in [0.15, 0.2) is 0 Å². The van der Waals surface area contributed by atoms with Crippen molar-refractivity contribution in [2.75, 3.05) is 6.61 Å². The molecular formula is C14H15BrN4O. The van der Waals surface area contributed by atoms with Gasteiger partial charge in [-0.2, -0.15) is 0 Å². The van der Waals surface area contributed by atoms with Crippen molar-refractivity contribution in [2.45, 2.75) is 18.9 Å². The van der Waals surface area contributed by atoms with Gasteiger partial charge in [-0.1, -0.05) is 15.9 Å². The van der Waals surface area contributed by atoms with Crippen molar-refractivity contribution < 1.29 is 4.74 Å². The second-order valence-corrected chi connectivity index (χ2v) is 5.66. The van der Waals surface area contributed by atoms with Gasteiger partial charge >= 0.3 is 0 Å². The maximum Gasteiger partial charge on any atom is 0.125 e. The number of ether oxygens (including phenoxy) is 1. The van der Waals surface area contributed by atoms with Gasteiger partial charge in [-0.25, -0.2) is 9.97 Å². The molecule has 1 aliphatic heterocycles. The molecule has 0 radical (unpaired) electrons. The number of nitrogens with two attached hydrogens (primary N) is 1. The van der Waals surface area contributed by atoms with Gasteiger partial charge in [0.25, 0.3) is 0 Å². The van der Waals surface area contributed by atoms with E-state index in [1.165, 1.54) is 11.9 Å². The molecule has 1 atom stereocenters. The zero-order chi connectivity index (χ0) is 13.9. The summed E-state index contributed by atoms with van der Waals surface area (Å²) in [4.78, 5) is 8.08. The van der Waals surface area contributed by atoms with Crippen LogP contribution in [0.1, 0.15) is 22.7 Å². The summed E-state index contributed by atoms with van der Waals surface area (Å²) in [5.41, 5.74) is 6.17. The van der Waals surface area contributed by atoms with E-state index < -0.39 is 0 Å². The van der Waals surface area contributed by atoms with Crippen molar-refractivity contribution in [1.82, 2.24) is 15.4 Å². The van der Waals surface area contributed by atoms with E-state index in [1.54, 1.807) is 12.4 Å². The summed E-state index contributed by atoms with van der Waals surface area (Å²) in [6, 6.07) is 4.15. The van der Waals surface area contributed by atoms with Crippen molar-refractivity contribution in [2.24, 2.45) is 5.84 Å². The third-order valence-electron chi connectivity index (χ3n) is 3.43. The van der Waals surface area contributed by atoms with Crippen molar-refractivity contribution in [3.8, 4) is 5.75 Å². The molecule has 1 aromatic carbocycles. The summed E-state index contributed by atoms with van der Waals surface area (Å²) in [6.07, 6.45) is 6.74. The van der Waals surface area contributed by atoms with Crippen LogP contribution in [0, 0.1) is 0 Å². The molecule has 1 unspecified atom stereocenters. The molecule has 20 heavy (non-hydrogen) atoms. The number of rotatable bonds is 4. The van der Waals surface area contributed by atoms with Crippen LogP contribution >= 0.6 is 15.9 Å². The van der Waals surface area contributed by atoms with Gasteiger partial charge in [-0.3, -0.25) is 11.3 Å². The van der Waals surface area contributed by atoms with Crippen molar-refractivity contribution >= 4 is 15.9 Å². The highest BCUT2D eigenvalue weighted by molar-refractivity contribution is 9.10. The highest BCUT2D eigenvalue weighted by atomic mass is 79.9. The number of hydrogen-bond donors (Lipinski definition) is 2. The lowest BCUT2D eigenvalue weighted by Gasteiger charge is -2.17. The Morgan fingerprint density at radius 2 is 2.15 bits per heavy atom. The van der Waals surface area contributed by atoms with E-state index in [1.807, 2.05) is 0 Å². The molecule has 0 saturated carbocycles. The highest BCUT2D eigenvalue weighted by Crippen LogP contribution is 2.35. The first-order valence-corrected chi connectivity index (χ1v) is 7.22. The standard InChI is InChI=1S/C14H15BrN4O/c15-12-3-9-1-2-20-14(9)10(4-12)5-13(19-16)11-6-17-8-18-7-11/h3-4,6-8,13,19H,1-2,5,16H2. The summed E-state index contributed by atoms with van der Waals surface area (Å²) in [7, 11) is 0. The van der Waals surface area contributed by atoms with E-state index in [2.05, 4.69) is 43.5 Å². The number of aromatic nitrogens is 2. The number of hydrogen-bond acceptors (Lipinski definition) is 5. The Hall–Kier alpha value is -1.50. The minimum Gasteiger partial charge on any atom is -0.493 e. The Balaban J connectivity index is 1.91. The summed E-state index contributed by atoms with van der Waals surface area (Å²) >= 11 is 3.55. The number of halogens is 1. The van der Waals surface area contributed by atoms with Gasteiger partial charge in [-0.05, 0) is 29.7 Å². The van der Waals surface area contributed by atoms with E-state index in [4.69, 9.17) is 10.6 Å². The van der Waals surface area contributed by atoms with Gasteiger partial charge in [0.2, 0.25) is 0 Å². The fourth-order valence-electron chi connectivity index (χ4n) is 2.48. The number of benzene rings is 1. The fourth-order valence-corrected chi connectivity index (χ4v) is 3.03. The number of nitrogens with zero attached hydrogens (tertiary/aromatic N) is 2. The van der Waals surface area contributed by atoms with Crippen LogP contribution in [-0.4, -0.2) is 16.6 Å². The molecule has 0 amide bonds. The van der Waals surface area contributed by atoms with Gasteiger partial charge in [0, 0.05) is 28.9 Å². The molecule has 0 spiro atoms. The lowest BCUT2D eigenvalue weighted by Crippen LogP contribution is -2.29. The SMILES string of the molecule is NNC(Cc1cc(Br)cc2c1OCC2)c1cncnc1. The van der Waals surface area contributed by atoms with Crippen LogP contribution in [0.25, 0.3) is 0 Å². The minimum absolute atomic E-state index is 0.0428. The number of hydrazine groups is 1. The molecule has 1 aliphatic rings. The van der Waals surface area contributed by atoms with Crippen LogP contribution < -0.4 is 16.0 Å². The quantitative estimate of drug-likeness (QED) is 0.660. The van der Waals surface area contributed by atoms with E-state index in [-0.39, 0.29) is 6.04 Å². The van der Waals surface area contributed by atoms with Gasteiger partial charge in [-0.15, -0.1) is 0 Å². The van der Waals surface area contributed by atoms with Crippen molar-refractivity contribution in [1.29, 1.82) is 0 Å². The molecule has 1 aromatic heterocycles. The summed E-state index contributed by atoms with van der Waals surface area (Å²) in [6.45, 7) is 0.744. The Kier molecular flexibility index (Phi) is 3.95. The van der Waals surface area contributed by atoms with Gasteiger partial charge in [0.05, 0.1) is 12.6 Å². The zero-order valence-corrected chi connectivity index (χ0v) is 12.4. The molecule has 104 valence electrons. The lowest BCUT2D eigenvalue weighted by molar-refractivity contribution is 0.351. The molecule has 2 heterocycles. The Morgan fingerprint density at radius 1 is 1.35 bits per heavy atom. The molecular weight excluding hydrogens is 320 g/mol. The van der Waals surface area contributed by atoms with Crippen LogP contribution in [0.3, 0.4) is 0 Å². The lowest BCUT2D eigenvalue weighted by atomic mass is 9.99. The average Bonchev–Trinajstić information content (AvgIpc) is 2.93. The summed E-state index contributed by atoms with van der Waals surface area (Å²) < 4.78 is 6.81. The normalized spacial score (nSPS) is 14.7. The predicted octanol–water partition coefficient (Wildman–Crippen LogP) is 1.92. The number of fused-ring (bicyclic) bond motifs is 1. The second kappa shape index (κ2) is 5.87. The van der Waals surface area contributed by atoms with E-state index >= 15 is 0 Å². The summed E-state index contributed by atoms with van der Waals surface area (Å²) in [5.74, 6) is 6.67. The first-order chi connectivity index (χ1) is 9.78. The van der Waals surface area contributed by atoms with Gasteiger partial charge < -0.3 is 4.74 Å². The minimum atomic E-state index is -0.0428. The fraction of sp³-hybridized carbons (Fsp3) is 0.286. The van der Waals surface area contributed by atoms with Crippen LogP contribution in [0.2, 0.25) is 0 Å². The third-order valence-corrected chi connectivity index (χ3v) is 3.89. The van der Waals surface area contributed by atoms with Crippen molar-refractivity contribution in [3.05, 3.63) is 52.0 Å². The number of nitrogens with one attached hydrogen (secondary N) is 1. The molecule has 0 saturated heterocycles. The molecule has 3 N–H and O–H groups in total. The third kappa shape index (κ3) is 2.67. The van der Waals surface area contributed by atoms with E-state index in [0.717, 1.165) is 40.8 Å². The predicted molar refractivity (Wildman–Crippen MR) is 79.1 cm³/mol. The maximum absolute atomic E-state index is 5.75. The monoisotopic (exact) mass is 334 g/mol. The maximum atomic E-state index is 5.75. The zero-order valence-electron chi connectivity index (χ0n) is 10.8. The Labute approximate surface area is 125 Å². The Morgan fingerprint density at radius 3 is 2.90 bits per heavy atom. The Bertz CT molecular complexity index is 606. The van der Waals surface area contributed by atoms with E-state index in [0.29, 0.717) is 0 Å². The first kappa shape index (κ1) is 13.5. The molecule has 0 fully saturated rings. The first-order valence-electron chi connectivity index (χ1n) is 6.43. The van der Waals surface area contributed by atoms with Crippen LogP contribution in [0.5, 0.6) is 5.75 Å². The molecule has 5 nitrogen and oxygen atoms in total. The molecule has 0 aliphatic carbocycles. The molecule has 6 heteroatoms. The largest absolute Gasteiger partial charge is 0.493 e. The molecule has 3 rings (SSSR count). The molecule has 0 bridgehead atoms.